The summed E-state index contributed by atoms with van der Waals surface area (Å²) in [5.41, 5.74) is 11.4. The summed E-state index contributed by atoms with van der Waals surface area (Å²) in [6, 6.07) is 63.6. The Kier molecular flexibility index (Phi) is 7.52. The van der Waals surface area contributed by atoms with Crippen molar-refractivity contribution in [1.29, 1.82) is 5.26 Å². The summed E-state index contributed by atoms with van der Waals surface area (Å²) in [6.07, 6.45) is 0. The molecule has 0 unspecified atom stereocenters. The first-order valence-electron chi connectivity index (χ1n) is 20.0. The molecule has 0 N–H and O–H groups in total. The van der Waals surface area contributed by atoms with Crippen molar-refractivity contribution < 1.29 is 4.42 Å². The molecule has 4 heterocycles. The molecule has 0 saturated carbocycles. The average molecular weight is 779 g/mol. The number of hydrogen-bond donors (Lipinski definition) is 0. The standard InChI is InChI=1S/C54H30N6O/c1-56-42-31-34(52-41(32-55)51(33-15-4-2-5-16-33)57-54(58-52)40-22-14-26-48-49(40)39-21-10-13-25-47(39)61-48)27-29-45(42)60-43-23-11-8-19-36(43)37-28-30-46-50(53(37)60)38-20-9-12-24-44(38)59(46)35-17-6-3-7-18-35/h2-31H. The first-order valence-corrected chi connectivity index (χ1v) is 20.0. The van der Waals surface area contributed by atoms with E-state index in [0.29, 0.717) is 34.0 Å². The fraction of sp³-hybridized carbons (Fsp3) is 0. The van der Waals surface area contributed by atoms with Gasteiger partial charge in [0.15, 0.2) is 5.82 Å². The first-order chi connectivity index (χ1) is 30.2. The lowest BCUT2D eigenvalue weighted by molar-refractivity contribution is 0.669. The zero-order chi connectivity index (χ0) is 40.6. The van der Waals surface area contributed by atoms with Crippen LogP contribution >= 0.6 is 0 Å². The van der Waals surface area contributed by atoms with E-state index in [2.05, 4.69) is 98.9 Å². The van der Waals surface area contributed by atoms with Gasteiger partial charge in [-0.1, -0.05) is 127 Å². The molecule has 0 bridgehead atoms. The SMILES string of the molecule is [C-]#[N+]c1cc(-c2nc(-c3cccc4oc5ccccc5c34)nc(-c3ccccc3)c2C#N)ccc1-n1c2ccccc2c2ccc3c(c4ccccc4n3-c3ccccc3)c21. The average Bonchev–Trinajstić information content (AvgIpc) is 3.99. The molecule has 7 heteroatoms. The molecule has 8 aromatic carbocycles. The van der Waals surface area contributed by atoms with Gasteiger partial charge in [0.1, 0.15) is 22.8 Å². The highest BCUT2D eigenvalue weighted by atomic mass is 16.3. The number of nitriles is 1. The van der Waals surface area contributed by atoms with Crippen LogP contribution in [0.15, 0.2) is 186 Å². The van der Waals surface area contributed by atoms with Gasteiger partial charge in [-0.05, 0) is 60.2 Å². The monoisotopic (exact) mass is 778 g/mol. The lowest BCUT2D eigenvalue weighted by Crippen LogP contribution is -2.02. The molecule has 0 aliphatic heterocycles. The number of hydrogen-bond acceptors (Lipinski definition) is 4. The second-order valence-corrected chi connectivity index (χ2v) is 15.1. The highest BCUT2D eigenvalue weighted by molar-refractivity contribution is 6.26. The van der Waals surface area contributed by atoms with E-state index in [1.807, 2.05) is 103 Å². The van der Waals surface area contributed by atoms with Gasteiger partial charge in [0.05, 0.1) is 45.7 Å². The van der Waals surface area contributed by atoms with E-state index < -0.39 is 0 Å². The van der Waals surface area contributed by atoms with Crippen LogP contribution in [-0.2, 0) is 0 Å². The number of rotatable bonds is 5. The van der Waals surface area contributed by atoms with Crippen LogP contribution < -0.4 is 0 Å². The van der Waals surface area contributed by atoms with Crippen LogP contribution in [0.25, 0.3) is 116 Å². The molecule has 12 aromatic rings. The maximum absolute atomic E-state index is 10.9. The normalized spacial score (nSPS) is 11.6. The molecule has 0 aliphatic carbocycles. The van der Waals surface area contributed by atoms with Crippen molar-refractivity contribution in [2.75, 3.05) is 0 Å². The molecule has 0 fully saturated rings. The van der Waals surface area contributed by atoms with Gasteiger partial charge in [-0.2, -0.15) is 5.26 Å². The van der Waals surface area contributed by atoms with Crippen LogP contribution in [0.5, 0.6) is 0 Å². The Hall–Kier alpha value is -8.78. The molecule has 7 nitrogen and oxygen atoms in total. The molecule has 0 amide bonds. The number of furan rings is 1. The van der Waals surface area contributed by atoms with Crippen molar-refractivity contribution >= 4 is 71.2 Å². The molecule has 0 radical (unpaired) electrons. The third kappa shape index (κ3) is 5.08. The van der Waals surface area contributed by atoms with Gasteiger partial charge in [0.2, 0.25) is 5.69 Å². The van der Waals surface area contributed by atoms with Gasteiger partial charge >= 0.3 is 0 Å². The van der Waals surface area contributed by atoms with Gasteiger partial charge < -0.3 is 13.6 Å². The summed E-state index contributed by atoms with van der Waals surface area (Å²) in [7, 11) is 0. The Bertz CT molecular complexity index is 3840. The van der Waals surface area contributed by atoms with E-state index in [-0.39, 0.29) is 0 Å². The van der Waals surface area contributed by atoms with Crippen LogP contribution in [0.1, 0.15) is 5.56 Å². The van der Waals surface area contributed by atoms with Gasteiger partial charge in [-0.3, -0.25) is 0 Å². The van der Waals surface area contributed by atoms with E-state index in [1.165, 1.54) is 0 Å². The Balaban J connectivity index is 1.13. The van der Waals surface area contributed by atoms with Crippen LogP contribution in [0.4, 0.5) is 5.69 Å². The lowest BCUT2D eigenvalue weighted by Gasteiger charge is -2.15. The zero-order valence-electron chi connectivity index (χ0n) is 32.4. The molecule has 61 heavy (non-hydrogen) atoms. The van der Waals surface area contributed by atoms with Crippen molar-refractivity contribution in [2.24, 2.45) is 0 Å². The highest BCUT2D eigenvalue weighted by Crippen LogP contribution is 2.45. The molecule has 0 spiro atoms. The molecule has 0 aliphatic rings. The fourth-order valence-corrected chi connectivity index (χ4v) is 9.23. The van der Waals surface area contributed by atoms with E-state index in [4.69, 9.17) is 21.0 Å². The van der Waals surface area contributed by atoms with E-state index in [9.17, 15) is 5.26 Å². The zero-order valence-corrected chi connectivity index (χ0v) is 32.4. The minimum absolute atomic E-state index is 0.329. The quantitative estimate of drug-likeness (QED) is 0.163. The van der Waals surface area contributed by atoms with Crippen molar-refractivity contribution in [3.05, 3.63) is 199 Å². The second-order valence-electron chi connectivity index (χ2n) is 15.1. The van der Waals surface area contributed by atoms with Crippen molar-refractivity contribution in [2.45, 2.75) is 0 Å². The second kappa shape index (κ2) is 13.4. The van der Waals surface area contributed by atoms with Gasteiger partial charge in [-0.15, -0.1) is 0 Å². The molecule has 12 rings (SSSR count). The maximum Gasteiger partial charge on any atom is 0.211 e. The smallest absolute Gasteiger partial charge is 0.211 e. The number of para-hydroxylation sites is 4. The predicted molar refractivity (Wildman–Crippen MR) is 245 cm³/mol. The van der Waals surface area contributed by atoms with E-state index >= 15 is 0 Å². The molecule has 282 valence electrons. The number of fused-ring (bicyclic) bond motifs is 10. The Morgan fingerprint density at radius 3 is 1.95 bits per heavy atom. The molecular formula is C54H30N6O. The number of benzene rings is 8. The minimum Gasteiger partial charge on any atom is -0.456 e. The Morgan fingerprint density at radius 1 is 0.525 bits per heavy atom. The Morgan fingerprint density at radius 2 is 1.18 bits per heavy atom. The summed E-state index contributed by atoms with van der Waals surface area (Å²) >= 11 is 0. The molecule has 0 atom stereocenters. The largest absolute Gasteiger partial charge is 0.456 e. The molecule has 4 aromatic heterocycles. The fourth-order valence-electron chi connectivity index (χ4n) is 9.23. The summed E-state index contributed by atoms with van der Waals surface area (Å²) in [5, 5.41) is 17.2. The minimum atomic E-state index is 0.329. The summed E-state index contributed by atoms with van der Waals surface area (Å²) in [5.74, 6) is 0.457. The van der Waals surface area contributed by atoms with Crippen molar-refractivity contribution in [3.63, 3.8) is 0 Å². The third-order valence-electron chi connectivity index (χ3n) is 11.8. The van der Waals surface area contributed by atoms with E-state index in [1.54, 1.807) is 0 Å². The Labute approximate surface area is 349 Å². The van der Waals surface area contributed by atoms with E-state index in [0.717, 1.165) is 88.1 Å². The van der Waals surface area contributed by atoms with Crippen LogP contribution in [0, 0.1) is 17.9 Å². The molecule has 0 saturated heterocycles. The molecular weight excluding hydrogens is 749 g/mol. The number of nitrogens with zero attached hydrogens (tertiary/aromatic N) is 6. The van der Waals surface area contributed by atoms with Crippen molar-refractivity contribution in [1.82, 2.24) is 19.1 Å². The number of aromatic nitrogens is 4. The van der Waals surface area contributed by atoms with Gasteiger partial charge in [0.25, 0.3) is 0 Å². The maximum atomic E-state index is 10.9. The summed E-state index contributed by atoms with van der Waals surface area (Å²) in [4.78, 5) is 14.5. The predicted octanol–water partition coefficient (Wildman–Crippen LogP) is 14.0. The first kappa shape index (κ1) is 34.3. The summed E-state index contributed by atoms with van der Waals surface area (Å²) in [6.45, 7) is 8.67. The topological polar surface area (TPSA) is 76.9 Å². The lowest BCUT2D eigenvalue weighted by atomic mass is 9.98. The van der Waals surface area contributed by atoms with Crippen LogP contribution in [0.3, 0.4) is 0 Å². The summed E-state index contributed by atoms with van der Waals surface area (Å²) < 4.78 is 10.8. The van der Waals surface area contributed by atoms with Crippen LogP contribution in [0.2, 0.25) is 0 Å². The van der Waals surface area contributed by atoms with Crippen molar-refractivity contribution in [3.8, 4) is 51.3 Å². The van der Waals surface area contributed by atoms with Crippen LogP contribution in [-0.4, -0.2) is 19.1 Å². The highest BCUT2D eigenvalue weighted by Gasteiger charge is 2.25. The van der Waals surface area contributed by atoms with Gasteiger partial charge in [0, 0.05) is 49.1 Å². The third-order valence-corrected chi connectivity index (χ3v) is 11.8. The van der Waals surface area contributed by atoms with Gasteiger partial charge in [-0.25, -0.2) is 14.8 Å².